The van der Waals surface area contributed by atoms with Gasteiger partial charge in [-0.3, -0.25) is 4.79 Å². The number of hydrogen-bond acceptors (Lipinski definition) is 2. The Morgan fingerprint density at radius 3 is 2.61 bits per heavy atom. The Bertz CT molecular complexity index is 436. The highest BCUT2D eigenvalue weighted by Crippen LogP contribution is 2.35. The molecule has 0 saturated heterocycles. The first-order chi connectivity index (χ1) is 8.48. The molecule has 1 aromatic carbocycles. The second kappa shape index (κ2) is 5.11. The molecule has 18 heavy (non-hydrogen) atoms. The number of nitrogens with zero attached hydrogens (tertiary/aromatic N) is 1. The van der Waals surface area contributed by atoms with Gasteiger partial charge < -0.3 is 10.6 Å². The van der Waals surface area contributed by atoms with Gasteiger partial charge in [0.25, 0.3) is 0 Å². The van der Waals surface area contributed by atoms with Gasteiger partial charge in [-0.15, -0.1) is 0 Å². The molecule has 2 N–H and O–H groups in total. The normalized spacial score (nSPS) is 16.4. The second-order valence-corrected chi connectivity index (χ2v) is 5.65. The zero-order valence-electron chi connectivity index (χ0n) is 11.3. The Morgan fingerprint density at radius 2 is 2.00 bits per heavy atom. The molecule has 1 fully saturated rings. The first-order valence-corrected chi connectivity index (χ1v) is 6.55. The summed E-state index contributed by atoms with van der Waals surface area (Å²) >= 11 is 0. The van der Waals surface area contributed by atoms with Crippen LogP contribution in [0.2, 0.25) is 0 Å². The molecule has 1 aromatic rings. The first-order valence-electron chi connectivity index (χ1n) is 6.55. The summed E-state index contributed by atoms with van der Waals surface area (Å²) in [7, 11) is 3.59. The molecule has 0 aromatic heterocycles. The summed E-state index contributed by atoms with van der Waals surface area (Å²) in [6, 6.07) is 8.47. The van der Waals surface area contributed by atoms with Crippen LogP contribution in [0.3, 0.4) is 0 Å². The molecule has 3 heteroatoms. The standard InChI is InChI=1S/C15H22N2O/c1-17(2)14(18)7-6-12-4-3-5-13(10-12)11-15(16)8-9-15/h3-5,10H,6-9,11,16H2,1-2H3. The highest BCUT2D eigenvalue weighted by atomic mass is 16.2. The summed E-state index contributed by atoms with van der Waals surface area (Å²) in [6.07, 6.45) is 4.61. The average molecular weight is 246 g/mol. The Balaban J connectivity index is 1.92. The number of amides is 1. The van der Waals surface area contributed by atoms with Crippen LogP contribution in [0.15, 0.2) is 24.3 Å². The number of benzene rings is 1. The van der Waals surface area contributed by atoms with E-state index in [9.17, 15) is 4.79 Å². The summed E-state index contributed by atoms with van der Waals surface area (Å²) < 4.78 is 0. The highest BCUT2D eigenvalue weighted by molar-refractivity contribution is 5.75. The molecule has 3 nitrogen and oxygen atoms in total. The lowest BCUT2D eigenvalue weighted by Crippen LogP contribution is -2.24. The van der Waals surface area contributed by atoms with Gasteiger partial charge in [0.2, 0.25) is 5.91 Å². The monoisotopic (exact) mass is 246 g/mol. The van der Waals surface area contributed by atoms with Crippen LogP contribution in [0.5, 0.6) is 0 Å². The Labute approximate surface area is 109 Å². The SMILES string of the molecule is CN(C)C(=O)CCc1cccc(CC2(N)CC2)c1. The minimum Gasteiger partial charge on any atom is -0.349 e. The third-order valence-corrected chi connectivity index (χ3v) is 3.57. The quantitative estimate of drug-likeness (QED) is 0.860. The maximum atomic E-state index is 11.5. The van der Waals surface area contributed by atoms with Crippen molar-refractivity contribution in [2.45, 2.75) is 37.6 Å². The topological polar surface area (TPSA) is 46.3 Å². The average Bonchev–Trinajstić information content (AvgIpc) is 3.04. The van der Waals surface area contributed by atoms with E-state index in [0.717, 1.165) is 25.7 Å². The number of nitrogens with two attached hydrogens (primary N) is 1. The van der Waals surface area contributed by atoms with Crippen molar-refractivity contribution < 1.29 is 4.79 Å². The van der Waals surface area contributed by atoms with Crippen LogP contribution in [-0.4, -0.2) is 30.4 Å². The van der Waals surface area contributed by atoms with Gasteiger partial charge in [0.1, 0.15) is 0 Å². The van der Waals surface area contributed by atoms with Crippen molar-refractivity contribution in [2.75, 3.05) is 14.1 Å². The Hall–Kier alpha value is -1.35. The maximum absolute atomic E-state index is 11.5. The number of hydrogen-bond donors (Lipinski definition) is 1. The van der Waals surface area contributed by atoms with E-state index in [1.54, 1.807) is 19.0 Å². The fraction of sp³-hybridized carbons (Fsp3) is 0.533. The van der Waals surface area contributed by atoms with Gasteiger partial charge >= 0.3 is 0 Å². The molecule has 0 heterocycles. The van der Waals surface area contributed by atoms with Crippen molar-refractivity contribution in [3.8, 4) is 0 Å². The number of carbonyl (C=O) groups is 1. The third kappa shape index (κ3) is 3.57. The lowest BCUT2D eigenvalue weighted by molar-refractivity contribution is -0.128. The molecule has 1 aliphatic carbocycles. The minimum atomic E-state index is 0.0536. The lowest BCUT2D eigenvalue weighted by Gasteiger charge is -2.12. The van der Waals surface area contributed by atoms with Gasteiger partial charge in [-0.1, -0.05) is 24.3 Å². The number of rotatable bonds is 5. The number of carbonyl (C=O) groups excluding carboxylic acids is 1. The summed E-state index contributed by atoms with van der Waals surface area (Å²) in [6.45, 7) is 0. The molecule has 0 atom stereocenters. The summed E-state index contributed by atoms with van der Waals surface area (Å²) in [4.78, 5) is 13.2. The fourth-order valence-electron chi connectivity index (χ4n) is 2.11. The van der Waals surface area contributed by atoms with Crippen LogP contribution in [0.25, 0.3) is 0 Å². The zero-order valence-corrected chi connectivity index (χ0v) is 11.3. The fourth-order valence-corrected chi connectivity index (χ4v) is 2.11. The van der Waals surface area contributed by atoms with Crippen molar-refractivity contribution in [3.63, 3.8) is 0 Å². The van der Waals surface area contributed by atoms with Crippen LogP contribution >= 0.6 is 0 Å². The summed E-state index contributed by atoms with van der Waals surface area (Å²) in [5, 5.41) is 0. The first kappa shape index (κ1) is 13.1. The smallest absolute Gasteiger partial charge is 0.222 e. The number of aryl methyl sites for hydroxylation is 1. The van der Waals surface area contributed by atoms with Crippen LogP contribution in [0, 0.1) is 0 Å². The molecule has 1 aliphatic rings. The summed E-state index contributed by atoms with van der Waals surface area (Å²) in [5.74, 6) is 0.179. The van der Waals surface area contributed by atoms with E-state index in [4.69, 9.17) is 5.73 Å². The molecule has 0 bridgehead atoms. The molecule has 1 saturated carbocycles. The molecule has 98 valence electrons. The van der Waals surface area contributed by atoms with Gasteiger partial charge in [-0.25, -0.2) is 0 Å². The van der Waals surface area contributed by atoms with Crippen LogP contribution < -0.4 is 5.73 Å². The van der Waals surface area contributed by atoms with E-state index in [1.165, 1.54) is 11.1 Å². The van der Waals surface area contributed by atoms with E-state index >= 15 is 0 Å². The molecule has 0 radical (unpaired) electrons. The maximum Gasteiger partial charge on any atom is 0.222 e. The van der Waals surface area contributed by atoms with Crippen molar-refractivity contribution in [1.29, 1.82) is 0 Å². The van der Waals surface area contributed by atoms with Gasteiger partial charge in [-0.05, 0) is 36.8 Å². The van der Waals surface area contributed by atoms with Crippen LogP contribution in [0.4, 0.5) is 0 Å². The van der Waals surface area contributed by atoms with E-state index in [2.05, 4.69) is 24.3 Å². The van der Waals surface area contributed by atoms with Crippen LogP contribution in [0.1, 0.15) is 30.4 Å². The predicted molar refractivity (Wildman–Crippen MR) is 73.3 cm³/mol. The highest BCUT2D eigenvalue weighted by Gasteiger charge is 2.37. The molecule has 1 amide bonds. The van der Waals surface area contributed by atoms with Gasteiger partial charge in [0.05, 0.1) is 0 Å². The van der Waals surface area contributed by atoms with E-state index in [0.29, 0.717) is 6.42 Å². The minimum absolute atomic E-state index is 0.0536. The Kier molecular flexibility index (Phi) is 3.71. The summed E-state index contributed by atoms with van der Waals surface area (Å²) in [5.41, 5.74) is 8.71. The predicted octanol–water partition coefficient (Wildman–Crippen LogP) is 1.74. The van der Waals surface area contributed by atoms with Crippen molar-refractivity contribution in [3.05, 3.63) is 35.4 Å². The molecule has 2 rings (SSSR count). The Morgan fingerprint density at radius 1 is 1.33 bits per heavy atom. The zero-order chi connectivity index (χ0) is 13.2. The van der Waals surface area contributed by atoms with Crippen molar-refractivity contribution >= 4 is 5.91 Å². The third-order valence-electron chi connectivity index (χ3n) is 3.57. The molecule has 0 aliphatic heterocycles. The lowest BCUT2D eigenvalue weighted by atomic mass is 10.0. The molecule has 0 spiro atoms. The van der Waals surface area contributed by atoms with Gasteiger partial charge in [0.15, 0.2) is 0 Å². The second-order valence-electron chi connectivity index (χ2n) is 5.65. The largest absolute Gasteiger partial charge is 0.349 e. The molecular formula is C15H22N2O. The van der Waals surface area contributed by atoms with Gasteiger partial charge in [0, 0.05) is 26.1 Å². The van der Waals surface area contributed by atoms with E-state index in [1.807, 2.05) is 0 Å². The van der Waals surface area contributed by atoms with E-state index in [-0.39, 0.29) is 11.4 Å². The molecule has 0 unspecified atom stereocenters. The van der Waals surface area contributed by atoms with Crippen molar-refractivity contribution in [2.24, 2.45) is 5.73 Å². The van der Waals surface area contributed by atoms with Crippen LogP contribution in [-0.2, 0) is 17.6 Å². The van der Waals surface area contributed by atoms with E-state index < -0.39 is 0 Å². The van der Waals surface area contributed by atoms with Gasteiger partial charge in [-0.2, -0.15) is 0 Å². The van der Waals surface area contributed by atoms with Crippen molar-refractivity contribution in [1.82, 2.24) is 4.90 Å². The molecular weight excluding hydrogens is 224 g/mol.